The molecule has 1 aliphatic carbocycles. The molecule has 0 spiro atoms. The smallest absolute Gasteiger partial charge is 0.410 e. The van der Waals surface area contributed by atoms with Gasteiger partial charge in [0, 0.05) is 39.9 Å². The Balaban J connectivity index is 2.39. The molecular weight excluding hydrogens is 296 g/mol. The molecule has 1 aliphatic rings. The van der Waals surface area contributed by atoms with Gasteiger partial charge in [0.2, 0.25) is 0 Å². The predicted molar refractivity (Wildman–Crippen MR) is 90.7 cm³/mol. The van der Waals surface area contributed by atoms with Gasteiger partial charge < -0.3 is 24.4 Å². The third-order valence-electron chi connectivity index (χ3n) is 3.99. The van der Waals surface area contributed by atoms with Crippen LogP contribution >= 0.6 is 0 Å². The molecule has 1 fully saturated rings. The quantitative estimate of drug-likeness (QED) is 0.740. The molecule has 0 saturated heterocycles. The number of hydrogen-bond acceptors (Lipinski definition) is 5. The minimum atomic E-state index is -0.481. The molecule has 23 heavy (non-hydrogen) atoms. The van der Waals surface area contributed by atoms with Crippen molar-refractivity contribution in [2.45, 2.75) is 64.2 Å². The number of nitrogens with zero attached hydrogens (tertiary/aromatic N) is 1. The molecule has 0 aromatic carbocycles. The largest absolute Gasteiger partial charge is 0.444 e. The van der Waals surface area contributed by atoms with E-state index in [1.54, 1.807) is 19.1 Å². The average Bonchev–Trinajstić information content (AvgIpc) is 2.49. The summed E-state index contributed by atoms with van der Waals surface area (Å²) in [4.78, 5) is 14.0. The molecule has 6 heteroatoms. The summed E-state index contributed by atoms with van der Waals surface area (Å²) in [6.07, 6.45) is 4.62. The zero-order chi connectivity index (χ0) is 17.3. The number of hydrogen-bond donors (Lipinski definition) is 1. The second-order valence-electron chi connectivity index (χ2n) is 7.14. The zero-order valence-electron chi connectivity index (χ0n) is 15.4. The molecule has 2 unspecified atom stereocenters. The van der Waals surface area contributed by atoms with Crippen molar-refractivity contribution in [1.29, 1.82) is 0 Å². The van der Waals surface area contributed by atoms with Gasteiger partial charge in [0.25, 0.3) is 0 Å². The Kier molecular flexibility index (Phi) is 8.87. The highest BCUT2D eigenvalue weighted by Gasteiger charge is 2.23. The van der Waals surface area contributed by atoms with Crippen molar-refractivity contribution in [3.05, 3.63) is 0 Å². The van der Waals surface area contributed by atoms with Crippen LogP contribution in [0.25, 0.3) is 0 Å². The van der Waals surface area contributed by atoms with Gasteiger partial charge >= 0.3 is 6.09 Å². The summed E-state index contributed by atoms with van der Waals surface area (Å²) in [5.74, 6) is 0. The summed E-state index contributed by atoms with van der Waals surface area (Å²) in [6.45, 7) is 8.06. The second-order valence-corrected chi connectivity index (χ2v) is 7.14. The van der Waals surface area contributed by atoms with Gasteiger partial charge in [0.05, 0.1) is 12.7 Å². The highest BCUT2D eigenvalue weighted by molar-refractivity contribution is 5.68. The molecule has 0 radical (unpaired) electrons. The van der Waals surface area contributed by atoms with Crippen molar-refractivity contribution in [3.63, 3.8) is 0 Å². The molecule has 2 atom stereocenters. The lowest BCUT2D eigenvalue weighted by Crippen LogP contribution is -2.44. The van der Waals surface area contributed by atoms with Gasteiger partial charge in [-0.05, 0) is 46.5 Å². The summed E-state index contributed by atoms with van der Waals surface area (Å²) >= 11 is 0. The van der Waals surface area contributed by atoms with E-state index in [1.807, 2.05) is 20.8 Å². The molecule has 0 bridgehead atoms. The Bertz CT molecular complexity index is 344. The van der Waals surface area contributed by atoms with Gasteiger partial charge in [-0.2, -0.15) is 0 Å². The summed E-state index contributed by atoms with van der Waals surface area (Å²) < 4.78 is 16.0. The average molecular weight is 330 g/mol. The van der Waals surface area contributed by atoms with Gasteiger partial charge in [-0.3, -0.25) is 0 Å². The van der Waals surface area contributed by atoms with Crippen LogP contribution in [0, 0.1) is 0 Å². The molecular formula is C17H34N2O4. The lowest BCUT2D eigenvalue weighted by molar-refractivity contribution is 0.0196. The monoisotopic (exact) mass is 330 g/mol. The molecule has 6 nitrogen and oxygen atoms in total. The topological polar surface area (TPSA) is 60.0 Å². The number of carbonyl (C=O) groups excluding carboxylic acids is 1. The predicted octanol–water partition coefficient (Wildman–Crippen LogP) is 2.42. The summed E-state index contributed by atoms with van der Waals surface area (Å²) in [5.41, 5.74) is -0.481. The Hall–Kier alpha value is -0.850. The summed E-state index contributed by atoms with van der Waals surface area (Å²) in [6, 6.07) is 0.469. The molecule has 1 amide bonds. The van der Waals surface area contributed by atoms with Crippen molar-refractivity contribution in [2.24, 2.45) is 0 Å². The second kappa shape index (κ2) is 10.1. The van der Waals surface area contributed by atoms with Crippen molar-refractivity contribution in [2.75, 3.05) is 40.5 Å². The first-order valence-corrected chi connectivity index (χ1v) is 8.58. The van der Waals surface area contributed by atoms with Crippen LogP contribution in [0.2, 0.25) is 0 Å². The first-order chi connectivity index (χ1) is 10.9. The van der Waals surface area contributed by atoms with Crippen LogP contribution in [0.5, 0.6) is 0 Å². The fourth-order valence-corrected chi connectivity index (χ4v) is 2.77. The van der Waals surface area contributed by atoms with Gasteiger partial charge in [0.1, 0.15) is 5.60 Å². The maximum absolute atomic E-state index is 12.2. The molecule has 0 aromatic rings. The van der Waals surface area contributed by atoms with E-state index in [0.717, 1.165) is 19.4 Å². The number of nitrogens with one attached hydrogen (secondary N) is 1. The Morgan fingerprint density at radius 3 is 2.57 bits per heavy atom. The molecule has 0 heterocycles. The van der Waals surface area contributed by atoms with E-state index in [0.29, 0.717) is 31.8 Å². The molecule has 136 valence electrons. The van der Waals surface area contributed by atoms with Gasteiger partial charge in [0.15, 0.2) is 0 Å². The summed E-state index contributed by atoms with van der Waals surface area (Å²) in [5, 5.41) is 3.54. The van der Waals surface area contributed by atoms with E-state index in [-0.39, 0.29) is 6.09 Å². The maximum atomic E-state index is 12.2. The van der Waals surface area contributed by atoms with Crippen LogP contribution in [0.15, 0.2) is 0 Å². The third-order valence-corrected chi connectivity index (χ3v) is 3.99. The third kappa shape index (κ3) is 8.53. The molecule has 1 N–H and O–H groups in total. The van der Waals surface area contributed by atoms with E-state index in [2.05, 4.69) is 5.32 Å². The minimum absolute atomic E-state index is 0.283. The number of ether oxygens (including phenoxy) is 3. The van der Waals surface area contributed by atoms with E-state index in [9.17, 15) is 4.79 Å². The van der Waals surface area contributed by atoms with Crippen molar-refractivity contribution in [3.8, 4) is 0 Å². The summed E-state index contributed by atoms with van der Waals surface area (Å²) in [7, 11) is 3.42. The standard InChI is InChI=1S/C17H34N2O4/c1-17(2,3)23-16(20)19(11-12-21-4)10-9-18-14-7-6-8-15(13-14)22-5/h14-15,18H,6-13H2,1-5H3. The van der Waals surface area contributed by atoms with Crippen molar-refractivity contribution < 1.29 is 19.0 Å². The highest BCUT2D eigenvalue weighted by atomic mass is 16.6. The Morgan fingerprint density at radius 1 is 1.22 bits per heavy atom. The fraction of sp³-hybridized carbons (Fsp3) is 0.941. The van der Waals surface area contributed by atoms with Gasteiger partial charge in [-0.1, -0.05) is 0 Å². The first-order valence-electron chi connectivity index (χ1n) is 8.58. The van der Waals surface area contributed by atoms with Crippen molar-refractivity contribution in [1.82, 2.24) is 10.2 Å². The van der Waals surface area contributed by atoms with Crippen LogP contribution < -0.4 is 5.32 Å². The molecule has 1 saturated carbocycles. The van der Waals surface area contributed by atoms with E-state index >= 15 is 0 Å². The number of rotatable bonds is 8. The van der Waals surface area contributed by atoms with Crippen molar-refractivity contribution >= 4 is 6.09 Å². The fourth-order valence-electron chi connectivity index (χ4n) is 2.77. The van der Waals surface area contributed by atoms with Crippen LogP contribution in [0.4, 0.5) is 4.79 Å². The van der Waals surface area contributed by atoms with Gasteiger partial charge in [-0.25, -0.2) is 4.79 Å². The number of carbonyl (C=O) groups is 1. The zero-order valence-corrected chi connectivity index (χ0v) is 15.4. The number of amides is 1. The minimum Gasteiger partial charge on any atom is -0.444 e. The Labute approximate surface area is 140 Å². The van der Waals surface area contributed by atoms with Crippen LogP contribution in [0.3, 0.4) is 0 Å². The van der Waals surface area contributed by atoms with Gasteiger partial charge in [-0.15, -0.1) is 0 Å². The SMILES string of the molecule is COCCN(CCNC1CCCC(OC)C1)C(=O)OC(C)(C)C. The Morgan fingerprint density at radius 2 is 1.96 bits per heavy atom. The first kappa shape index (κ1) is 20.2. The van der Waals surface area contributed by atoms with Crippen LogP contribution in [0.1, 0.15) is 46.5 Å². The maximum Gasteiger partial charge on any atom is 0.410 e. The molecule has 0 aliphatic heterocycles. The van der Waals surface area contributed by atoms with Crippen LogP contribution in [-0.4, -0.2) is 69.2 Å². The van der Waals surface area contributed by atoms with E-state index < -0.39 is 5.60 Å². The lowest BCUT2D eigenvalue weighted by atomic mass is 9.93. The van der Waals surface area contributed by atoms with E-state index in [1.165, 1.54) is 12.8 Å². The molecule has 0 aromatic heterocycles. The number of methoxy groups -OCH3 is 2. The lowest BCUT2D eigenvalue weighted by Gasteiger charge is -2.31. The van der Waals surface area contributed by atoms with Crippen LogP contribution in [-0.2, 0) is 14.2 Å². The van der Waals surface area contributed by atoms with E-state index in [4.69, 9.17) is 14.2 Å². The normalized spacial score (nSPS) is 22.0. The highest BCUT2D eigenvalue weighted by Crippen LogP contribution is 2.20. The molecule has 1 rings (SSSR count).